The van der Waals surface area contributed by atoms with E-state index in [1.165, 1.54) is 6.26 Å². The van der Waals surface area contributed by atoms with E-state index < -0.39 is 6.10 Å². The third-order valence-corrected chi connectivity index (χ3v) is 3.89. The van der Waals surface area contributed by atoms with Gasteiger partial charge in [0.25, 0.3) is 0 Å². The number of aliphatic hydroxyl groups is 1. The van der Waals surface area contributed by atoms with Crippen LogP contribution in [0, 0.1) is 0 Å². The van der Waals surface area contributed by atoms with E-state index in [9.17, 15) is 9.90 Å². The molecule has 3 aromatic rings. The molecule has 1 atom stereocenters. The maximum Gasteiger partial charge on any atom is 0.315 e. The minimum Gasteiger partial charge on any atom is -0.467 e. The van der Waals surface area contributed by atoms with Crippen LogP contribution in [0.3, 0.4) is 0 Å². The zero-order valence-corrected chi connectivity index (χ0v) is 13.2. The number of carbonyl (C=O) groups excluding carboxylic acids is 1. The summed E-state index contributed by atoms with van der Waals surface area (Å²) in [5, 5.41) is 17.8. The molecule has 2 amide bonds. The Labute approximate surface area is 140 Å². The number of aliphatic hydroxyl groups excluding tert-OH is 1. The molecule has 5 nitrogen and oxygen atoms in total. The molecule has 3 rings (SSSR count). The number of carbonyl (C=O) groups is 1. The molecule has 124 valence electrons. The van der Waals surface area contributed by atoms with E-state index in [-0.39, 0.29) is 6.03 Å². The SMILES string of the molecule is O=C(NCC[C@H](O)c1ccco1)NCc1cccc2ccccc12. The number of fused-ring (bicyclic) bond motifs is 1. The van der Waals surface area contributed by atoms with Crippen LogP contribution in [0.4, 0.5) is 4.79 Å². The summed E-state index contributed by atoms with van der Waals surface area (Å²) >= 11 is 0. The van der Waals surface area contributed by atoms with Crippen LogP contribution in [-0.2, 0) is 6.54 Å². The van der Waals surface area contributed by atoms with Crippen molar-refractivity contribution < 1.29 is 14.3 Å². The fraction of sp³-hybridized carbons (Fsp3) is 0.211. The van der Waals surface area contributed by atoms with Gasteiger partial charge in [0.2, 0.25) is 0 Å². The minimum absolute atomic E-state index is 0.255. The molecule has 0 saturated carbocycles. The van der Waals surface area contributed by atoms with E-state index in [1.54, 1.807) is 12.1 Å². The van der Waals surface area contributed by atoms with Gasteiger partial charge in [0.05, 0.1) is 6.26 Å². The summed E-state index contributed by atoms with van der Waals surface area (Å²) in [6.07, 6.45) is 1.20. The molecule has 24 heavy (non-hydrogen) atoms. The second-order valence-corrected chi connectivity index (χ2v) is 5.57. The Morgan fingerprint density at radius 3 is 2.71 bits per heavy atom. The van der Waals surface area contributed by atoms with Crippen molar-refractivity contribution in [2.24, 2.45) is 0 Å². The Morgan fingerprint density at radius 2 is 1.88 bits per heavy atom. The second kappa shape index (κ2) is 7.66. The Bertz CT molecular complexity index is 794. The first-order chi connectivity index (χ1) is 11.7. The van der Waals surface area contributed by atoms with Gasteiger partial charge in [-0.1, -0.05) is 42.5 Å². The Hall–Kier alpha value is -2.79. The first-order valence-corrected chi connectivity index (χ1v) is 7.94. The van der Waals surface area contributed by atoms with Crippen LogP contribution in [-0.4, -0.2) is 17.7 Å². The first kappa shape index (κ1) is 16.1. The van der Waals surface area contributed by atoms with Crippen molar-refractivity contribution in [2.75, 3.05) is 6.54 Å². The molecular weight excluding hydrogens is 304 g/mol. The summed E-state index contributed by atoms with van der Waals surface area (Å²) in [6.45, 7) is 0.817. The maximum atomic E-state index is 11.9. The predicted molar refractivity (Wildman–Crippen MR) is 92.5 cm³/mol. The number of urea groups is 1. The fourth-order valence-corrected chi connectivity index (χ4v) is 2.63. The van der Waals surface area contributed by atoms with Gasteiger partial charge in [-0.15, -0.1) is 0 Å². The molecule has 0 bridgehead atoms. The number of rotatable bonds is 6. The quantitative estimate of drug-likeness (QED) is 0.651. The highest BCUT2D eigenvalue weighted by atomic mass is 16.4. The highest BCUT2D eigenvalue weighted by Crippen LogP contribution is 2.18. The normalized spacial score (nSPS) is 12.0. The number of amides is 2. The summed E-state index contributed by atoms with van der Waals surface area (Å²) in [5.41, 5.74) is 1.07. The van der Waals surface area contributed by atoms with Gasteiger partial charge in [0.1, 0.15) is 11.9 Å². The van der Waals surface area contributed by atoms with Crippen LogP contribution in [0.5, 0.6) is 0 Å². The van der Waals surface area contributed by atoms with Crippen LogP contribution in [0.15, 0.2) is 65.3 Å². The Kier molecular flexibility index (Phi) is 5.13. The fourth-order valence-electron chi connectivity index (χ4n) is 2.63. The van der Waals surface area contributed by atoms with E-state index in [4.69, 9.17) is 4.42 Å². The highest BCUT2D eigenvalue weighted by Gasteiger charge is 2.10. The summed E-state index contributed by atoms with van der Waals surface area (Å²) in [5.74, 6) is 0.507. The van der Waals surface area contributed by atoms with E-state index in [1.807, 2.05) is 30.3 Å². The van der Waals surface area contributed by atoms with Gasteiger partial charge in [-0.3, -0.25) is 0 Å². The smallest absolute Gasteiger partial charge is 0.315 e. The second-order valence-electron chi connectivity index (χ2n) is 5.57. The van der Waals surface area contributed by atoms with Gasteiger partial charge in [0.15, 0.2) is 0 Å². The van der Waals surface area contributed by atoms with Crippen molar-refractivity contribution in [3.8, 4) is 0 Å². The van der Waals surface area contributed by atoms with Crippen molar-refractivity contribution in [3.05, 3.63) is 72.2 Å². The van der Waals surface area contributed by atoms with Gasteiger partial charge in [0, 0.05) is 13.1 Å². The molecule has 0 spiro atoms. The lowest BCUT2D eigenvalue weighted by Gasteiger charge is -2.11. The van der Waals surface area contributed by atoms with Crippen LogP contribution in [0.25, 0.3) is 10.8 Å². The molecule has 0 unspecified atom stereocenters. The molecule has 0 fully saturated rings. The molecule has 0 aliphatic rings. The molecule has 0 aliphatic heterocycles. The Balaban J connectivity index is 1.47. The molecule has 1 heterocycles. The average Bonchev–Trinajstić information content (AvgIpc) is 3.14. The van der Waals surface area contributed by atoms with Gasteiger partial charge in [-0.2, -0.15) is 0 Å². The lowest BCUT2D eigenvalue weighted by Crippen LogP contribution is -2.36. The summed E-state index contributed by atoms with van der Waals surface area (Å²) in [6, 6.07) is 17.3. The minimum atomic E-state index is -0.710. The van der Waals surface area contributed by atoms with Crippen molar-refractivity contribution in [3.63, 3.8) is 0 Å². The zero-order valence-electron chi connectivity index (χ0n) is 13.2. The first-order valence-electron chi connectivity index (χ1n) is 7.94. The topological polar surface area (TPSA) is 74.5 Å². The molecule has 0 aliphatic carbocycles. The van der Waals surface area contributed by atoms with Crippen molar-refractivity contribution in [2.45, 2.75) is 19.1 Å². The van der Waals surface area contributed by atoms with E-state index >= 15 is 0 Å². The van der Waals surface area contributed by atoms with Gasteiger partial charge in [-0.25, -0.2) is 4.79 Å². The summed E-state index contributed by atoms with van der Waals surface area (Å²) in [4.78, 5) is 11.9. The third-order valence-electron chi connectivity index (χ3n) is 3.89. The van der Waals surface area contributed by atoms with E-state index in [0.717, 1.165) is 16.3 Å². The lowest BCUT2D eigenvalue weighted by molar-refractivity contribution is 0.140. The lowest BCUT2D eigenvalue weighted by atomic mass is 10.0. The van der Waals surface area contributed by atoms with E-state index in [0.29, 0.717) is 25.3 Å². The zero-order chi connectivity index (χ0) is 16.8. The Morgan fingerprint density at radius 1 is 1.04 bits per heavy atom. The monoisotopic (exact) mass is 324 g/mol. The van der Waals surface area contributed by atoms with Gasteiger partial charge < -0.3 is 20.2 Å². The number of hydrogen-bond acceptors (Lipinski definition) is 3. The van der Waals surface area contributed by atoms with Crippen LogP contribution >= 0.6 is 0 Å². The van der Waals surface area contributed by atoms with Crippen molar-refractivity contribution in [1.29, 1.82) is 0 Å². The average molecular weight is 324 g/mol. The standard InChI is InChI=1S/C19H20N2O3/c22-17(18-9-4-12-24-18)10-11-20-19(23)21-13-15-7-3-6-14-5-1-2-8-16(14)15/h1-9,12,17,22H,10-11,13H2,(H2,20,21,23)/t17-/m0/s1. The predicted octanol–water partition coefficient (Wildman–Crippen LogP) is 3.36. The molecule has 1 aromatic heterocycles. The highest BCUT2D eigenvalue weighted by molar-refractivity contribution is 5.86. The maximum absolute atomic E-state index is 11.9. The van der Waals surface area contributed by atoms with Crippen LogP contribution in [0.2, 0.25) is 0 Å². The molecule has 0 radical (unpaired) electrons. The largest absolute Gasteiger partial charge is 0.467 e. The van der Waals surface area contributed by atoms with Crippen LogP contribution in [0.1, 0.15) is 23.8 Å². The number of benzene rings is 2. The number of nitrogens with one attached hydrogen (secondary N) is 2. The van der Waals surface area contributed by atoms with Gasteiger partial charge in [-0.05, 0) is 34.9 Å². The molecule has 0 saturated heterocycles. The van der Waals surface area contributed by atoms with Crippen LogP contribution < -0.4 is 10.6 Å². The summed E-state index contributed by atoms with van der Waals surface area (Å²) in [7, 11) is 0. The van der Waals surface area contributed by atoms with Gasteiger partial charge >= 0.3 is 6.03 Å². The summed E-state index contributed by atoms with van der Waals surface area (Å²) < 4.78 is 5.12. The molecule has 2 aromatic carbocycles. The molecule has 3 N–H and O–H groups in total. The molecular formula is C19H20N2O3. The number of furan rings is 1. The molecule has 5 heteroatoms. The van der Waals surface area contributed by atoms with Crippen molar-refractivity contribution in [1.82, 2.24) is 10.6 Å². The van der Waals surface area contributed by atoms with Crippen molar-refractivity contribution >= 4 is 16.8 Å². The third kappa shape index (κ3) is 3.94. The van der Waals surface area contributed by atoms with E-state index in [2.05, 4.69) is 22.8 Å². The number of hydrogen-bond donors (Lipinski definition) is 3.